The summed E-state index contributed by atoms with van der Waals surface area (Å²) in [6.07, 6.45) is 8.20. The quantitative estimate of drug-likeness (QED) is 0.790. The zero-order chi connectivity index (χ0) is 14.3. The van der Waals surface area contributed by atoms with Crippen LogP contribution in [0.2, 0.25) is 0 Å². The molecule has 3 aliphatic heterocycles. The van der Waals surface area contributed by atoms with Crippen molar-refractivity contribution in [1.29, 1.82) is 0 Å². The third-order valence-electron chi connectivity index (χ3n) is 4.95. The molecule has 3 aliphatic rings. The monoisotopic (exact) mass is 285 g/mol. The summed E-state index contributed by atoms with van der Waals surface area (Å²) < 4.78 is 11.9. The van der Waals surface area contributed by atoms with Crippen molar-refractivity contribution >= 4 is 5.69 Å². The van der Waals surface area contributed by atoms with Crippen molar-refractivity contribution in [2.75, 3.05) is 31.2 Å². The van der Waals surface area contributed by atoms with Gasteiger partial charge in [-0.25, -0.2) is 0 Å². The first-order valence-electron chi connectivity index (χ1n) is 8.17. The van der Waals surface area contributed by atoms with E-state index in [1.54, 1.807) is 0 Å². The van der Waals surface area contributed by atoms with Crippen LogP contribution in [0.5, 0.6) is 0 Å². The van der Waals surface area contributed by atoms with Gasteiger partial charge in [0.15, 0.2) is 0 Å². The van der Waals surface area contributed by atoms with Gasteiger partial charge in [-0.2, -0.15) is 0 Å². The van der Waals surface area contributed by atoms with Gasteiger partial charge in [-0.05, 0) is 24.1 Å². The van der Waals surface area contributed by atoms with E-state index in [2.05, 4.69) is 42.2 Å². The Labute approximate surface area is 126 Å². The molecule has 1 saturated heterocycles. The van der Waals surface area contributed by atoms with Crippen molar-refractivity contribution in [1.82, 2.24) is 0 Å². The second-order valence-electron chi connectivity index (χ2n) is 6.23. The van der Waals surface area contributed by atoms with Gasteiger partial charge in [-0.15, -0.1) is 0 Å². The highest BCUT2D eigenvalue weighted by Crippen LogP contribution is 2.55. The van der Waals surface area contributed by atoms with E-state index in [9.17, 15) is 0 Å². The van der Waals surface area contributed by atoms with Crippen LogP contribution < -0.4 is 4.90 Å². The van der Waals surface area contributed by atoms with Gasteiger partial charge in [-0.3, -0.25) is 0 Å². The molecule has 0 N–H and O–H groups in total. The number of anilines is 1. The molecule has 3 nitrogen and oxygen atoms in total. The molecular weight excluding hydrogens is 262 g/mol. The predicted octanol–water partition coefficient (Wildman–Crippen LogP) is 3.55. The number of morpholine rings is 1. The number of fused-ring (bicyclic) bond motifs is 5. The number of nitrogens with zero attached hydrogens (tertiary/aromatic N) is 1. The molecule has 1 aromatic carbocycles. The van der Waals surface area contributed by atoms with Crippen LogP contribution in [0.25, 0.3) is 0 Å². The minimum atomic E-state index is -0.154. The predicted molar refractivity (Wildman–Crippen MR) is 83.6 cm³/mol. The molecule has 112 valence electrons. The zero-order valence-electron chi connectivity index (χ0n) is 12.7. The van der Waals surface area contributed by atoms with E-state index in [1.807, 2.05) is 0 Å². The summed E-state index contributed by atoms with van der Waals surface area (Å²) >= 11 is 0. The summed E-state index contributed by atoms with van der Waals surface area (Å²) in [5.41, 5.74) is 3.99. The highest BCUT2D eigenvalue weighted by atomic mass is 16.5. The Hall–Kier alpha value is -1.32. The molecule has 0 aliphatic carbocycles. The SMILES string of the molecule is CCCCC12C=CC(O1)c1c(N3CCOCC3)cccc12. The van der Waals surface area contributed by atoms with Crippen LogP contribution >= 0.6 is 0 Å². The molecule has 3 heteroatoms. The lowest BCUT2D eigenvalue weighted by molar-refractivity contribution is -0.00993. The number of ether oxygens (including phenoxy) is 2. The Balaban J connectivity index is 1.72. The van der Waals surface area contributed by atoms with Crippen LogP contribution in [0.15, 0.2) is 30.4 Å². The highest BCUT2D eigenvalue weighted by molar-refractivity contribution is 5.64. The molecule has 4 rings (SSSR count). The molecule has 2 unspecified atom stereocenters. The fraction of sp³-hybridized carbons (Fsp3) is 0.556. The Morgan fingerprint density at radius 1 is 1.29 bits per heavy atom. The number of hydrogen-bond acceptors (Lipinski definition) is 3. The summed E-state index contributed by atoms with van der Waals surface area (Å²) in [5.74, 6) is 0. The lowest BCUT2D eigenvalue weighted by atomic mass is 9.83. The van der Waals surface area contributed by atoms with Crippen molar-refractivity contribution in [3.05, 3.63) is 41.5 Å². The first kappa shape index (κ1) is 13.4. The van der Waals surface area contributed by atoms with Crippen molar-refractivity contribution in [2.45, 2.75) is 37.9 Å². The topological polar surface area (TPSA) is 21.7 Å². The van der Waals surface area contributed by atoms with E-state index in [-0.39, 0.29) is 11.7 Å². The van der Waals surface area contributed by atoms with Gasteiger partial charge in [0.25, 0.3) is 0 Å². The number of benzene rings is 1. The molecular formula is C18H23NO2. The van der Waals surface area contributed by atoms with E-state index >= 15 is 0 Å². The van der Waals surface area contributed by atoms with E-state index in [4.69, 9.17) is 9.47 Å². The van der Waals surface area contributed by atoms with Gasteiger partial charge in [-0.1, -0.05) is 38.0 Å². The molecule has 2 atom stereocenters. The van der Waals surface area contributed by atoms with E-state index in [1.165, 1.54) is 29.7 Å². The van der Waals surface area contributed by atoms with Gasteiger partial charge in [0.1, 0.15) is 11.7 Å². The third kappa shape index (κ3) is 2.02. The first-order valence-corrected chi connectivity index (χ1v) is 8.17. The van der Waals surface area contributed by atoms with Gasteiger partial charge in [0.2, 0.25) is 0 Å². The maximum atomic E-state index is 6.39. The maximum absolute atomic E-state index is 6.39. The van der Waals surface area contributed by atoms with E-state index < -0.39 is 0 Å². The van der Waals surface area contributed by atoms with Crippen LogP contribution in [0, 0.1) is 0 Å². The Bertz CT molecular complexity index is 562. The summed E-state index contributed by atoms with van der Waals surface area (Å²) in [6, 6.07) is 6.70. The van der Waals surface area contributed by atoms with Gasteiger partial charge < -0.3 is 14.4 Å². The minimum Gasteiger partial charge on any atom is -0.378 e. The van der Waals surface area contributed by atoms with E-state index in [0.29, 0.717) is 0 Å². The normalized spacial score (nSPS) is 30.0. The Kier molecular flexibility index (Phi) is 3.27. The molecule has 0 amide bonds. The summed E-state index contributed by atoms with van der Waals surface area (Å²) in [4.78, 5) is 2.45. The highest BCUT2D eigenvalue weighted by Gasteiger charge is 2.47. The molecule has 2 bridgehead atoms. The largest absolute Gasteiger partial charge is 0.378 e. The van der Waals surface area contributed by atoms with E-state index in [0.717, 1.165) is 32.7 Å². The molecule has 0 aromatic heterocycles. The van der Waals surface area contributed by atoms with Gasteiger partial charge in [0.05, 0.1) is 13.2 Å². The first-order chi connectivity index (χ1) is 10.3. The summed E-state index contributed by atoms with van der Waals surface area (Å²) in [6.45, 7) is 5.86. The smallest absolute Gasteiger partial charge is 0.113 e. The molecule has 0 spiro atoms. The average molecular weight is 285 g/mol. The lowest BCUT2D eigenvalue weighted by Crippen LogP contribution is -2.37. The average Bonchev–Trinajstić information content (AvgIpc) is 3.11. The zero-order valence-corrected chi connectivity index (χ0v) is 12.7. The number of hydrogen-bond donors (Lipinski definition) is 0. The minimum absolute atomic E-state index is 0.149. The second kappa shape index (κ2) is 5.15. The Morgan fingerprint density at radius 2 is 2.14 bits per heavy atom. The van der Waals surface area contributed by atoms with Crippen molar-refractivity contribution in [3.63, 3.8) is 0 Å². The molecule has 3 heterocycles. The fourth-order valence-corrected chi connectivity index (χ4v) is 3.87. The summed E-state index contributed by atoms with van der Waals surface area (Å²) in [7, 11) is 0. The van der Waals surface area contributed by atoms with Gasteiger partial charge in [0, 0.05) is 24.3 Å². The van der Waals surface area contributed by atoms with Crippen LogP contribution in [0.4, 0.5) is 5.69 Å². The molecule has 0 radical (unpaired) electrons. The van der Waals surface area contributed by atoms with Crippen molar-refractivity contribution < 1.29 is 9.47 Å². The lowest BCUT2D eigenvalue weighted by Gasteiger charge is -2.32. The van der Waals surface area contributed by atoms with Gasteiger partial charge >= 0.3 is 0 Å². The molecule has 1 aromatic rings. The molecule has 0 saturated carbocycles. The van der Waals surface area contributed by atoms with Crippen molar-refractivity contribution in [3.8, 4) is 0 Å². The van der Waals surface area contributed by atoms with Crippen LogP contribution in [-0.4, -0.2) is 26.3 Å². The maximum Gasteiger partial charge on any atom is 0.113 e. The third-order valence-corrected chi connectivity index (χ3v) is 4.95. The van der Waals surface area contributed by atoms with Crippen LogP contribution in [-0.2, 0) is 15.1 Å². The summed E-state index contributed by atoms with van der Waals surface area (Å²) in [5, 5.41) is 0. The standard InChI is InChI=1S/C18H23NO2/c1-2-3-8-18-9-7-16(21-18)17-14(18)5-4-6-15(17)19-10-12-20-13-11-19/h4-7,9,16H,2-3,8,10-13H2,1H3. The Morgan fingerprint density at radius 3 is 2.95 bits per heavy atom. The fourth-order valence-electron chi connectivity index (χ4n) is 3.87. The molecule has 21 heavy (non-hydrogen) atoms. The number of unbranched alkanes of at least 4 members (excludes halogenated alkanes) is 1. The van der Waals surface area contributed by atoms with Crippen molar-refractivity contribution in [2.24, 2.45) is 0 Å². The van der Waals surface area contributed by atoms with Crippen LogP contribution in [0.3, 0.4) is 0 Å². The molecule has 1 fully saturated rings. The van der Waals surface area contributed by atoms with Crippen LogP contribution in [0.1, 0.15) is 43.4 Å². The number of rotatable bonds is 4. The second-order valence-corrected chi connectivity index (χ2v) is 6.23.